The topological polar surface area (TPSA) is 84.9 Å². The first-order chi connectivity index (χ1) is 9.56. The third-order valence-electron chi connectivity index (χ3n) is 3.14. The van der Waals surface area contributed by atoms with E-state index in [1.54, 1.807) is 18.2 Å². The van der Waals surface area contributed by atoms with Gasteiger partial charge in [0.05, 0.1) is 5.56 Å². The number of aromatic nitrogens is 1. The van der Waals surface area contributed by atoms with E-state index in [4.69, 9.17) is 11.5 Å². The first kappa shape index (κ1) is 12.2. The molecule has 0 aliphatic rings. The van der Waals surface area contributed by atoms with E-state index in [0.717, 1.165) is 0 Å². The number of halogens is 1. The molecule has 0 saturated carbocycles. The van der Waals surface area contributed by atoms with E-state index in [1.807, 2.05) is 0 Å². The van der Waals surface area contributed by atoms with Crippen molar-refractivity contribution in [2.75, 3.05) is 11.5 Å². The number of carbonyl (C=O) groups is 1. The Bertz CT molecular complexity index is 803. The van der Waals surface area contributed by atoms with Gasteiger partial charge in [0, 0.05) is 34.0 Å². The fraction of sp³-hybridized carbons (Fsp3) is 0. The van der Waals surface area contributed by atoms with Crippen LogP contribution in [0.4, 0.5) is 15.8 Å². The quantitative estimate of drug-likeness (QED) is 0.494. The molecular formula is C15H12FN3O. The Kier molecular flexibility index (Phi) is 2.68. The van der Waals surface area contributed by atoms with Crippen LogP contribution < -0.4 is 11.5 Å². The molecule has 1 aromatic heterocycles. The summed E-state index contributed by atoms with van der Waals surface area (Å²) < 4.78 is 13.9. The molecule has 1 heterocycles. The SMILES string of the molecule is Nc1cc(N)cc(C(=O)c2c[nH]c3cccc(F)c23)c1. The minimum absolute atomic E-state index is 0.267. The molecule has 0 aliphatic carbocycles. The molecule has 100 valence electrons. The molecule has 0 unspecified atom stereocenters. The van der Waals surface area contributed by atoms with E-state index in [2.05, 4.69) is 4.98 Å². The summed E-state index contributed by atoms with van der Waals surface area (Å²) in [4.78, 5) is 15.4. The smallest absolute Gasteiger partial charge is 0.195 e. The summed E-state index contributed by atoms with van der Waals surface area (Å²) >= 11 is 0. The predicted octanol–water partition coefficient (Wildman–Crippen LogP) is 2.70. The van der Waals surface area contributed by atoms with Gasteiger partial charge in [-0.05, 0) is 30.3 Å². The second-order valence-corrected chi connectivity index (χ2v) is 4.58. The van der Waals surface area contributed by atoms with Gasteiger partial charge in [0.25, 0.3) is 0 Å². The number of H-pyrrole nitrogens is 1. The Morgan fingerprint density at radius 2 is 1.80 bits per heavy atom. The van der Waals surface area contributed by atoms with Gasteiger partial charge in [0.1, 0.15) is 5.82 Å². The summed E-state index contributed by atoms with van der Waals surface area (Å²) in [6.45, 7) is 0. The molecule has 0 radical (unpaired) electrons. The highest BCUT2D eigenvalue weighted by atomic mass is 19.1. The van der Waals surface area contributed by atoms with Gasteiger partial charge in [-0.3, -0.25) is 4.79 Å². The zero-order chi connectivity index (χ0) is 14.3. The van der Waals surface area contributed by atoms with Crippen LogP contribution in [0.25, 0.3) is 10.9 Å². The molecule has 5 N–H and O–H groups in total. The molecule has 20 heavy (non-hydrogen) atoms. The lowest BCUT2D eigenvalue weighted by molar-refractivity contribution is 0.104. The molecule has 3 rings (SSSR count). The van der Waals surface area contributed by atoms with Crippen molar-refractivity contribution in [1.29, 1.82) is 0 Å². The van der Waals surface area contributed by atoms with Gasteiger partial charge >= 0.3 is 0 Å². The molecule has 0 saturated heterocycles. The van der Waals surface area contributed by atoms with E-state index in [0.29, 0.717) is 22.5 Å². The summed E-state index contributed by atoms with van der Waals surface area (Å²) in [5.74, 6) is -0.760. The average Bonchev–Trinajstić information content (AvgIpc) is 2.82. The van der Waals surface area contributed by atoms with Gasteiger partial charge < -0.3 is 16.5 Å². The number of nitrogen functional groups attached to an aromatic ring is 2. The van der Waals surface area contributed by atoms with Crippen LogP contribution in [0, 0.1) is 5.82 Å². The largest absolute Gasteiger partial charge is 0.399 e. The first-order valence-electron chi connectivity index (χ1n) is 6.02. The summed E-state index contributed by atoms with van der Waals surface area (Å²) in [6.07, 6.45) is 1.50. The number of hydrogen-bond acceptors (Lipinski definition) is 3. The van der Waals surface area contributed by atoms with Crippen LogP contribution in [0.1, 0.15) is 15.9 Å². The Balaban J connectivity index is 2.18. The highest BCUT2D eigenvalue weighted by Crippen LogP contribution is 2.25. The molecule has 2 aromatic carbocycles. The molecular weight excluding hydrogens is 257 g/mol. The number of ketones is 1. The lowest BCUT2D eigenvalue weighted by Crippen LogP contribution is -2.03. The van der Waals surface area contributed by atoms with Gasteiger partial charge in [0.15, 0.2) is 5.78 Å². The second-order valence-electron chi connectivity index (χ2n) is 4.58. The number of rotatable bonds is 2. The maximum absolute atomic E-state index is 13.9. The highest BCUT2D eigenvalue weighted by molar-refractivity contribution is 6.17. The van der Waals surface area contributed by atoms with E-state index in [1.165, 1.54) is 24.4 Å². The Morgan fingerprint density at radius 1 is 1.10 bits per heavy atom. The van der Waals surface area contributed by atoms with Crippen molar-refractivity contribution in [3.63, 3.8) is 0 Å². The number of carbonyl (C=O) groups excluding carboxylic acids is 1. The number of hydrogen-bond donors (Lipinski definition) is 3. The van der Waals surface area contributed by atoms with Crippen molar-refractivity contribution in [3.8, 4) is 0 Å². The lowest BCUT2D eigenvalue weighted by atomic mass is 10.0. The highest BCUT2D eigenvalue weighted by Gasteiger charge is 2.17. The van der Waals surface area contributed by atoms with Crippen LogP contribution in [-0.2, 0) is 0 Å². The fourth-order valence-electron chi connectivity index (χ4n) is 2.28. The number of nitrogens with two attached hydrogens (primary N) is 2. The minimum atomic E-state index is -0.441. The number of fused-ring (bicyclic) bond motifs is 1. The van der Waals surface area contributed by atoms with Crippen LogP contribution in [0.2, 0.25) is 0 Å². The molecule has 0 fully saturated rings. The van der Waals surface area contributed by atoms with Crippen molar-refractivity contribution in [1.82, 2.24) is 4.98 Å². The summed E-state index contributed by atoms with van der Waals surface area (Å²) in [5, 5.41) is 0.276. The van der Waals surface area contributed by atoms with Gasteiger partial charge in [-0.1, -0.05) is 6.07 Å². The first-order valence-corrected chi connectivity index (χ1v) is 6.02. The van der Waals surface area contributed by atoms with Gasteiger partial charge in [0.2, 0.25) is 0 Å². The maximum atomic E-state index is 13.9. The summed E-state index contributed by atoms with van der Waals surface area (Å²) in [6, 6.07) is 9.23. The molecule has 0 aliphatic heterocycles. The van der Waals surface area contributed by atoms with Crippen molar-refractivity contribution in [2.24, 2.45) is 0 Å². The lowest BCUT2D eigenvalue weighted by Gasteiger charge is -2.04. The van der Waals surface area contributed by atoms with Crippen molar-refractivity contribution < 1.29 is 9.18 Å². The van der Waals surface area contributed by atoms with Gasteiger partial charge in [-0.15, -0.1) is 0 Å². The maximum Gasteiger partial charge on any atom is 0.195 e. The van der Waals surface area contributed by atoms with E-state index in [-0.39, 0.29) is 16.7 Å². The minimum Gasteiger partial charge on any atom is -0.399 e. The number of nitrogens with one attached hydrogen (secondary N) is 1. The average molecular weight is 269 g/mol. The molecule has 3 aromatic rings. The van der Waals surface area contributed by atoms with Crippen LogP contribution in [0.5, 0.6) is 0 Å². The normalized spacial score (nSPS) is 10.8. The van der Waals surface area contributed by atoms with Gasteiger partial charge in [-0.2, -0.15) is 0 Å². The monoisotopic (exact) mass is 269 g/mol. The second kappa shape index (κ2) is 4.38. The van der Waals surface area contributed by atoms with E-state index in [9.17, 15) is 9.18 Å². The summed E-state index contributed by atoms with van der Waals surface area (Å²) in [7, 11) is 0. The molecule has 4 nitrogen and oxygen atoms in total. The van der Waals surface area contributed by atoms with Crippen LogP contribution in [-0.4, -0.2) is 10.8 Å². The molecule has 0 amide bonds. The third kappa shape index (κ3) is 1.89. The van der Waals surface area contributed by atoms with Crippen molar-refractivity contribution in [3.05, 3.63) is 59.5 Å². The molecule has 0 bridgehead atoms. The van der Waals surface area contributed by atoms with Crippen LogP contribution in [0.3, 0.4) is 0 Å². The standard InChI is InChI=1S/C15H12FN3O/c16-12-2-1-3-13-14(12)11(7-19-13)15(20)8-4-9(17)6-10(18)5-8/h1-7,19H,17-18H2. The van der Waals surface area contributed by atoms with E-state index < -0.39 is 5.82 Å². The van der Waals surface area contributed by atoms with Crippen molar-refractivity contribution in [2.45, 2.75) is 0 Å². The zero-order valence-corrected chi connectivity index (χ0v) is 10.5. The van der Waals surface area contributed by atoms with Crippen LogP contribution >= 0.6 is 0 Å². The molecule has 5 heteroatoms. The zero-order valence-electron chi connectivity index (χ0n) is 10.5. The molecule has 0 atom stereocenters. The fourth-order valence-corrected chi connectivity index (χ4v) is 2.28. The molecule has 0 spiro atoms. The number of benzene rings is 2. The number of anilines is 2. The van der Waals surface area contributed by atoms with E-state index >= 15 is 0 Å². The Labute approximate surface area is 114 Å². The third-order valence-corrected chi connectivity index (χ3v) is 3.14. The summed E-state index contributed by atoms with van der Waals surface area (Å²) in [5.41, 5.74) is 13.3. The number of aromatic amines is 1. The Hall–Kier alpha value is -2.82. The predicted molar refractivity (Wildman–Crippen MR) is 77.0 cm³/mol. The van der Waals surface area contributed by atoms with Crippen molar-refractivity contribution >= 4 is 28.1 Å². The van der Waals surface area contributed by atoms with Gasteiger partial charge in [-0.25, -0.2) is 4.39 Å². The Morgan fingerprint density at radius 3 is 2.50 bits per heavy atom. The van der Waals surface area contributed by atoms with Crippen LogP contribution in [0.15, 0.2) is 42.6 Å².